The summed E-state index contributed by atoms with van der Waals surface area (Å²) in [6, 6.07) is 13.9. The number of hydrogen-bond donors (Lipinski definition) is 1. The molecular weight excluding hydrogens is 466 g/mol. The third-order valence-corrected chi connectivity index (χ3v) is 5.17. The molecule has 11 heteroatoms. The predicted octanol–water partition coefficient (Wildman–Crippen LogP) is 5.15. The number of benzene rings is 2. The summed E-state index contributed by atoms with van der Waals surface area (Å²) in [7, 11) is 0. The highest BCUT2D eigenvalue weighted by Gasteiger charge is 2.36. The fourth-order valence-corrected chi connectivity index (χ4v) is 3.27. The van der Waals surface area contributed by atoms with Crippen LogP contribution in [0.2, 0.25) is 0 Å². The summed E-state index contributed by atoms with van der Waals surface area (Å²) in [4.78, 5) is 21.4. The van der Waals surface area contributed by atoms with Crippen molar-refractivity contribution in [2.75, 3.05) is 0 Å². The summed E-state index contributed by atoms with van der Waals surface area (Å²) in [5.74, 6) is -1.61. The van der Waals surface area contributed by atoms with Crippen LogP contribution in [-0.2, 0) is 11.0 Å². The van der Waals surface area contributed by atoms with Crippen molar-refractivity contribution in [3.8, 4) is 11.3 Å². The molecule has 0 radical (unpaired) electrons. The van der Waals surface area contributed by atoms with Gasteiger partial charge in [0.05, 0.1) is 5.69 Å². The van der Waals surface area contributed by atoms with Crippen LogP contribution in [0.5, 0.6) is 0 Å². The molecule has 2 heterocycles. The van der Waals surface area contributed by atoms with Gasteiger partial charge in [0.25, 0.3) is 0 Å². The van der Waals surface area contributed by atoms with Gasteiger partial charge in [-0.3, -0.25) is 0 Å². The molecule has 7 nitrogen and oxygen atoms in total. The fourth-order valence-electron chi connectivity index (χ4n) is 3.27. The molecule has 4 aromatic rings. The highest BCUT2D eigenvalue weighted by Crippen LogP contribution is 2.32. The van der Waals surface area contributed by atoms with Gasteiger partial charge in [-0.05, 0) is 41.8 Å². The number of nitrogens with two attached hydrogens (primary N) is 1. The van der Waals surface area contributed by atoms with Gasteiger partial charge >= 0.3 is 12.1 Å². The minimum atomic E-state index is -4.77. The topological polar surface area (TPSA) is 94.9 Å². The quantitative estimate of drug-likeness (QED) is 0.139. The van der Waals surface area contributed by atoms with Crippen molar-refractivity contribution in [2.24, 2.45) is 10.9 Å². The number of aromatic nitrogens is 3. The Morgan fingerprint density at radius 3 is 2.31 bits per heavy atom. The van der Waals surface area contributed by atoms with E-state index >= 15 is 0 Å². The monoisotopic (exact) mass is 485 g/mol. The average molecular weight is 485 g/mol. The molecule has 2 N–H and O–H groups in total. The Labute approximate surface area is 196 Å². The Balaban J connectivity index is 1.68. The number of carbonyl (C=O) groups excluding carboxylic acids is 1. The minimum Gasteiger partial charge on any atom is -0.380 e. The molecule has 35 heavy (non-hydrogen) atoms. The van der Waals surface area contributed by atoms with E-state index in [1.165, 1.54) is 12.1 Å². The van der Waals surface area contributed by atoms with Crippen LogP contribution in [0.3, 0.4) is 0 Å². The van der Waals surface area contributed by atoms with Gasteiger partial charge in [-0.15, -0.1) is 0 Å². The lowest BCUT2D eigenvalue weighted by Crippen LogP contribution is -2.16. The first-order valence-electron chi connectivity index (χ1n) is 10.4. The first-order valence-corrected chi connectivity index (χ1v) is 10.4. The predicted molar refractivity (Wildman–Crippen MR) is 120 cm³/mol. The second kappa shape index (κ2) is 9.16. The number of fused-ring (bicyclic) bond motifs is 1. The van der Waals surface area contributed by atoms with Crippen LogP contribution in [-0.4, -0.2) is 26.4 Å². The van der Waals surface area contributed by atoms with E-state index < -0.39 is 29.4 Å². The number of alkyl halides is 3. The summed E-state index contributed by atoms with van der Waals surface area (Å²) < 4.78 is 54.9. The van der Waals surface area contributed by atoms with E-state index in [1.54, 1.807) is 12.1 Å². The molecule has 0 amide bonds. The van der Waals surface area contributed by atoms with Gasteiger partial charge in [0.15, 0.2) is 22.9 Å². The zero-order valence-electron chi connectivity index (χ0n) is 18.5. The van der Waals surface area contributed by atoms with Crippen LogP contribution in [0.4, 0.5) is 17.6 Å². The van der Waals surface area contributed by atoms with Crippen LogP contribution in [0.15, 0.2) is 65.8 Å². The molecule has 2 aromatic heterocycles. The molecule has 0 aliphatic rings. The molecule has 0 bridgehead atoms. The molecule has 2 aromatic carbocycles. The Morgan fingerprint density at radius 1 is 1.06 bits per heavy atom. The van der Waals surface area contributed by atoms with E-state index in [9.17, 15) is 22.4 Å². The van der Waals surface area contributed by atoms with E-state index in [0.717, 1.165) is 29.8 Å². The summed E-state index contributed by atoms with van der Waals surface area (Å²) in [6.45, 7) is 4.01. The number of carbonyl (C=O) groups is 1. The summed E-state index contributed by atoms with van der Waals surface area (Å²) in [6.07, 6.45) is -4.77. The Bertz CT molecular complexity index is 1410. The van der Waals surface area contributed by atoms with Crippen molar-refractivity contribution < 1.29 is 27.2 Å². The lowest BCUT2D eigenvalue weighted by Gasteiger charge is -2.11. The second-order valence-corrected chi connectivity index (χ2v) is 7.96. The van der Waals surface area contributed by atoms with Crippen molar-refractivity contribution in [1.29, 1.82) is 0 Å². The zero-order chi connectivity index (χ0) is 25.3. The van der Waals surface area contributed by atoms with E-state index in [2.05, 4.69) is 15.2 Å². The summed E-state index contributed by atoms with van der Waals surface area (Å²) >= 11 is 0. The van der Waals surface area contributed by atoms with Crippen molar-refractivity contribution in [1.82, 2.24) is 14.6 Å². The zero-order valence-corrected chi connectivity index (χ0v) is 18.5. The largest absolute Gasteiger partial charge is 0.433 e. The van der Waals surface area contributed by atoms with E-state index in [1.807, 2.05) is 26.0 Å². The number of amidine groups is 1. The van der Waals surface area contributed by atoms with Crippen molar-refractivity contribution in [3.05, 3.63) is 89.0 Å². The highest BCUT2D eigenvalue weighted by atomic mass is 19.4. The molecule has 0 fully saturated rings. The molecular formula is C24H19F4N5O2. The normalized spacial score (nSPS) is 12.4. The van der Waals surface area contributed by atoms with Gasteiger partial charge in [-0.25, -0.2) is 18.7 Å². The van der Waals surface area contributed by atoms with Crippen LogP contribution in [0.25, 0.3) is 16.9 Å². The molecule has 0 unspecified atom stereocenters. The van der Waals surface area contributed by atoms with Crippen molar-refractivity contribution in [2.45, 2.75) is 25.9 Å². The van der Waals surface area contributed by atoms with Gasteiger partial charge in [0.1, 0.15) is 5.82 Å². The lowest BCUT2D eigenvalue weighted by molar-refractivity contribution is -0.142. The first-order chi connectivity index (χ1) is 16.5. The summed E-state index contributed by atoms with van der Waals surface area (Å²) in [5.41, 5.74) is 5.79. The van der Waals surface area contributed by atoms with Crippen molar-refractivity contribution >= 4 is 17.5 Å². The molecule has 0 aliphatic heterocycles. The molecule has 0 aliphatic carbocycles. The molecule has 180 valence electrons. The second-order valence-electron chi connectivity index (χ2n) is 7.96. The average Bonchev–Trinajstić information content (AvgIpc) is 3.26. The van der Waals surface area contributed by atoms with E-state index in [0.29, 0.717) is 10.1 Å². The van der Waals surface area contributed by atoms with Gasteiger partial charge in [-0.2, -0.15) is 18.3 Å². The van der Waals surface area contributed by atoms with Crippen LogP contribution in [0.1, 0.15) is 47.1 Å². The molecule has 4 rings (SSSR count). The van der Waals surface area contributed by atoms with Gasteiger partial charge in [-0.1, -0.05) is 43.3 Å². The number of rotatable bonds is 5. The maximum atomic E-state index is 13.8. The highest BCUT2D eigenvalue weighted by molar-refractivity contribution is 5.98. The summed E-state index contributed by atoms with van der Waals surface area (Å²) in [5, 5.41) is 7.17. The van der Waals surface area contributed by atoms with Gasteiger partial charge in [0, 0.05) is 17.2 Å². The first kappa shape index (κ1) is 23.9. The van der Waals surface area contributed by atoms with Crippen LogP contribution < -0.4 is 5.73 Å². The fraction of sp³-hybridized carbons (Fsp3) is 0.167. The molecule has 0 spiro atoms. The number of halogens is 4. The number of nitrogens with zero attached hydrogens (tertiary/aromatic N) is 4. The number of hydrogen-bond acceptors (Lipinski definition) is 5. The Morgan fingerprint density at radius 2 is 1.71 bits per heavy atom. The Hall–Kier alpha value is -4.28. The van der Waals surface area contributed by atoms with Gasteiger partial charge in [0.2, 0.25) is 0 Å². The molecule has 0 saturated carbocycles. The molecule has 0 saturated heterocycles. The Kier molecular flexibility index (Phi) is 6.25. The van der Waals surface area contributed by atoms with Crippen LogP contribution in [0, 0.1) is 5.82 Å². The lowest BCUT2D eigenvalue weighted by atomic mass is 10.0. The maximum absolute atomic E-state index is 13.8. The standard InChI is InChI=1S/C24H19F4N5O2/c1-13(2)14-3-5-15(6-4-14)18-11-20(24(26,27)28)33-21(30-18)12-19(31-33)23(34)35-32-22(29)16-7-9-17(25)10-8-16/h3-13H,1-2H3,(H2,29,32). The van der Waals surface area contributed by atoms with Crippen LogP contribution >= 0.6 is 0 Å². The minimum absolute atomic E-state index is 0.0681. The smallest absolute Gasteiger partial charge is 0.380 e. The van der Waals surface area contributed by atoms with Gasteiger partial charge < -0.3 is 10.6 Å². The SMILES string of the molecule is CC(C)c1ccc(-c2cc(C(F)(F)F)n3nc(C(=O)O/N=C(\N)c4ccc(F)cc4)cc3n2)cc1. The van der Waals surface area contributed by atoms with E-state index in [4.69, 9.17) is 10.6 Å². The number of oxime groups is 1. The molecule has 0 atom stereocenters. The van der Waals surface area contributed by atoms with Crippen molar-refractivity contribution in [3.63, 3.8) is 0 Å². The third-order valence-electron chi connectivity index (χ3n) is 5.17. The third kappa shape index (κ3) is 5.13. The maximum Gasteiger partial charge on any atom is 0.433 e. The van der Waals surface area contributed by atoms with E-state index in [-0.39, 0.29) is 28.7 Å².